The van der Waals surface area contributed by atoms with Crippen molar-refractivity contribution < 1.29 is 9.53 Å². The van der Waals surface area contributed by atoms with Gasteiger partial charge in [0.15, 0.2) is 0 Å². The molecule has 0 spiro atoms. The number of morpholine rings is 1. The van der Waals surface area contributed by atoms with Crippen LogP contribution in [0.3, 0.4) is 0 Å². The summed E-state index contributed by atoms with van der Waals surface area (Å²) in [6, 6.07) is 0.181. The van der Waals surface area contributed by atoms with Crippen molar-refractivity contribution in [3.05, 3.63) is 59.4 Å². The fourth-order valence-electron chi connectivity index (χ4n) is 3.67. The maximum atomic E-state index is 11.7. The number of nitrogens with zero attached hydrogens (tertiary/aromatic N) is 1. The number of ether oxygens (including phenoxy) is 1. The van der Waals surface area contributed by atoms with Crippen LogP contribution < -0.4 is 5.32 Å². The summed E-state index contributed by atoms with van der Waals surface area (Å²) in [7, 11) is 0. The first kappa shape index (κ1) is 27.8. The third-order valence-electron chi connectivity index (χ3n) is 5.48. The van der Waals surface area contributed by atoms with Crippen molar-refractivity contribution in [2.24, 2.45) is 5.92 Å². The number of hydrogen-bond acceptors (Lipinski definition) is 5. The van der Waals surface area contributed by atoms with Gasteiger partial charge >= 0.3 is 0 Å². The largest absolute Gasteiger partial charge is 0.386 e. The van der Waals surface area contributed by atoms with E-state index < -0.39 is 0 Å². The number of hydrogen-bond donors (Lipinski definition) is 2. The highest BCUT2D eigenvalue weighted by atomic mass is 16.5. The van der Waals surface area contributed by atoms with Gasteiger partial charge in [0, 0.05) is 49.1 Å². The Morgan fingerprint density at radius 2 is 2.00 bits per heavy atom. The molecule has 1 fully saturated rings. The van der Waals surface area contributed by atoms with Gasteiger partial charge in [-0.3, -0.25) is 9.69 Å². The molecule has 0 aromatic heterocycles. The Morgan fingerprint density at radius 1 is 1.37 bits per heavy atom. The summed E-state index contributed by atoms with van der Waals surface area (Å²) < 4.78 is 5.47. The van der Waals surface area contributed by atoms with E-state index in [1.54, 1.807) is 12.2 Å². The molecule has 1 saturated heterocycles. The zero-order chi connectivity index (χ0) is 21.8. The van der Waals surface area contributed by atoms with Crippen LogP contribution in [0.5, 0.6) is 0 Å². The molecule has 2 rings (SSSR count). The van der Waals surface area contributed by atoms with E-state index in [0.29, 0.717) is 0 Å². The van der Waals surface area contributed by atoms with Crippen LogP contribution in [0.1, 0.15) is 41.5 Å². The van der Waals surface area contributed by atoms with Gasteiger partial charge in [-0.2, -0.15) is 0 Å². The van der Waals surface area contributed by atoms with Crippen molar-refractivity contribution >= 4 is 12.5 Å². The number of allylic oxidation sites excluding steroid dienone is 6. The third kappa shape index (κ3) is 7.22. The van der Waals surface area contributed by atoms with Gasteiger partial charge in [-0.15, -0.1) is 0 Å². The molecule has 2 aliphatic heterocycles. The number of carbonyl (C=O) groups is 1. The van der Waals surface area contributed by atoms with Crippen LogP contribution in [0.15, 0.2) is 59.4 Å². The summed E-state index contributed by atoms with van der Waals surface area (Å²) >= 11 is 0. The topological polar surface area (TPSA) is 65.4 Å². The van der Waals surface area contributed by atoms with E-state index in [2.05, 4.69) is 30.3 Å². The highest BCUT2D eigenvalue weighted by molar-refractivity contribution is 5.80. The zero-order valence-corrected chi connectivity index (χ0v) is 18.5. The fraction of sp³-hybridized carbons (Fsp3) is 0.520. The molecule has 0 bridgehead atoms. The van der Waals surface area contributed by atoms with Crippen molar-refractivity contribution in [3.63, 3.8) is 0 Å². The first-order chi connectivity index (χ1) is 14.0. The minimum absolute atomic E-state index is 0. The van der Waals surface area contributed by atoms with E-state index in [9.17, 15) is 4.79 Å². The molecule has 0 aromatic rings. The molecule has 0 radical (unpaired) electrons. The van der Waals surface area contributed by atoms with Crippen molar-refractivity contribution in [1.29, 1.82) is 5.41 Å². The van der Waals surface area contributed by atoms with Crippen LogP contribution in [0.4, 0.5) is 0 Å². The van der Waals surface area contributed by atoms with Crippen molar-refractivity contribution in [2.45, 2.75) is 47.6 Å². The molecule has 2 aliphatic rings. The van der Waals surface area contributed by atoms with Gasteiger partial charge in [0.1, 0.15) is 6.29 Å². The molecule has 0 amide bonds. The molecule has 5 nitrogen and oxygen atoms in total. The smallest absolute Gasteiger partial charge is 0.150 e. The van der Waals surface area contributed by atoms with Crippen molar-refractivity contribution in [2.75, 3.05) is 32.8 Å². The van der Waals surface area contributed by atoms with E-state index in [4.69, 9.17) is 10.1 Å². The van der Waals surface area contributed by atoms with Gasteiger partial charge in [0.25, 0.3) is 0 Å². The van der Waals surface area contributed by atoms with Crippen LogP contribution >= 0.6 is 0 Å². The second-order valence-electron chi connectivity index (χ2n) is 6.97. The molecular weight excluding hydrogens is 374 g/mol. The average molecular weight is 416 g/mol. The quantitative estimate of drug-likeness (QED) is 0.359. The Labute approximate surface area is 183 Å². The van der Waals surface area contributed by atoms with E-state index in [1.165, 1.54) is 6.21 Å². The molecule has 30 heavy (non-hydrogen) atoms. The Morgan fingerprint density at radius 3 is 2.53 bits per heavy atom. The summed E-state index contributed by atoms with van der Waals surface area (Å²) in [6.45, 7) is 20.2. The lowest BCUT2D eigenvalue weighted by atomic mass is 9.87. The second kappa shape index (κ2) is 14.7. The summed E-state index contributed by atoms with van der Waals surface area (Å²) in [4.78, 5) is 14.1. The first-order valence-corrected chi connectivity index (χ1v) is 10.5. The van der Waals surface area contributed by atoms with Gasteiger partial charge in [-0.1, -0.05) is 46.6 Å². The van der Waals surface area contributed by atoms with Gasteiger partial charge in [-0.25, -0.2) is 0 Å². The first-order valence-electron chi connectivity index (χ1n) is 10.5. The molecular formula is C25H41N3O2. The predicted molar refractivity (Wildman–Crippen MR) is 129 cm³/mol. The molecule has 0 saturated carbocycles. The van der Waals surface area contributed by atoms with Gasteiger partial charge in [-0.05, 0) is 43.1 Å². The van der Waals surface area contributed by atoms with E-state index in [0.717, 1.165) is 73.5 Å². The average Bonchev–Trinajstić information content (AvgIpc) is 2.76. The number of carbonyl (C=O) groups excluding carboxylic acids is 1. The maximum Gasteiger partial charge on any atom is 0.150 e. The fourth-order valence-corrected chi connectivity index (χ4v) is 3.67. The zero-order valence-electron chi connectivity index (χ0n) is 18.5. The third-order valence-corrected chi connectivity index (χ3v) is 5.48. The SMILES string of the molecule is C.C=C/C(=C\C=N)C(=C)C1C/C=C(C=O)\C(C)=C(\C(C)N2CCOCC2)NC1.CC. The molecule has 0 aromatic carbocycles. The number of nitrogens with one attached hydrogen (secondary N) is 2. The highest BCUT2D eigenvalue weighted by Crippen LogP contribution is 2.27. The molecule has 2 atom stereocenters. The monoisotopic (exact) mass is 415 g/mol. The molecule has 168 valence electrons. The molecule has 0 aliphatic carbocycles. The Bertz CT molecular complexity index is 683. The summed E-state index contributed by atoms with van der Waals surface area (Å²) in [5.74, 6) is 0.129. The van der Waals surface area contributed by atoms with E-state index in [1.807, 2.05) is 26.8 Å². The van der Waals surface area contributed by atoms with Crippen LogP contribution in [0, 0.1) is 11.3 Å². The lowest BCUT2D eigenvalue weighted by Gasteiger charge is -2.36. The maximum absolute atomic E-state index is 11.7. The van der Waals surface area contributed by atoms with Crippen LogP contribution in [-0.4, -0.2) is 56.3 Å². The lowest BCUT2D eigenvalue weighted by Crippen LogP contribution is -2.46. The minimum atomic E-state index is 0. The van der Waals surface area contributed by atoms with Crippen LogP contribution in [0.25, 0.3) is 0 Å². The van der Waals surface area contributed by atoms with E-state index in [-0.39, 0.29) is 19.4 Å². The molecule has 2 heterocycles. The number of aldehydes is 1. The normalized spacial score (nSPS) is 25.4. The van der Waals surface area contributed by atoms with Gasteiger partial charge in [0.05, 0.1) is 13.2 Å². The Kier molecular flexibility index (Phi) is 13.6. The van der Waals surface area contributed by atoms with E-state index >= 15 is 0 Å². The molecule has 2 unspecified atom stereocenters. The predicted octanol–water partition coefficient (Wildman–Crippen LogP) is 4.70. The summed E-state index contributed by atoms with van der Waals surface area (Å²) in [5, 5.41) is 10.9. The second-order valence-corrected chi connectivity index (χ2v) is 6.97. The molecule has 2 N–H and O–H groups in total. The molecule has 5 heteroatoms. The highest BCUT2D eigenvalue weighted by Gasteiger charge is 2.25. The van der Waals surface area contributed by atoms with Crippen LogP contribution in [0.2, 0.25) is 0 Å². The summed E-state index contributed by atoms with van der Waals surface area (Å²) in [6.07, 6.45) is 8.36. The number of rotatable bonds is 7. The summed E-state index contributed by atoms with van der Waals surface area (Å²) in [5.41, 5.74) is 4.62. The Balaban J connectivity index is 0.00000272. The van der Waals surface area contributed by atoms with Gasteiger partial charge < -0.3 is 15.5 Å². The van der Waals surface area contributed by atoms with Crippen molar-refractivity contribution in [1.82, 2.24) is 10.2 Å². The standard InChI is InChI=1S/C22H31N3O2.C2H6.CH4/c1-5-19(8-9-23)16(2)20-6-7-21(15-26)17(3)22(24-14-20)18(4)25-10-12-27-13-11-25;1-2;/h5,7-9,15,18,20,23-24H,1-2,6,10-14H2,3-4H3;1-2H3;1H4/b19-8+,21-7-,22-17-,23-9?;;. The minimum Gasteiger partial charge on any atom is -0.386 e. The van der Waals surface area contributed by atoms with Crippen molar-refractivity contribution in [3.8, 4) is 0 Å². The lowest BCUT2D eigenvalue weighted by molar-refractivity contribution is -0.104. The van der Waals surface area contributed by atoms with Gasteiger partial charge in [0.2, 0.25) is 0 Å². The van der Waals surface area contributed by atoms with Crippen LogP contribution in [-0.2, 0) is 9.53 Å². The Hall–Kier alpha value is -2.24.